The zero-order valence-corrected chi connectivity index (χ0v) is 11.3. The highest BCUT2D eigenvalue weighted by Crippen LogP contribution is 2.20. The molecule has 1 heterocycles. The third-order valence-corrected chi connectivity index (χ3v) is 3.04. The number of carbonyl (C=O) groups is 1. The lowest BCUT2D eigenvalue weighted by Crippen LogP contribution is -2.49. The van der Waals surface area contributed by atoms with Gasteiger partial charge in [0.1, 0.15) is 5.75 Å². The molecule has 104 valence electrons. The van der Waals surface area contributed by atoms with Gasteiger partial charge in [-0.3, -0.25) is 4.79 Å². The summed E-state index contributed by atoms with van der Waals surface area (Å²) in [7, 11) is 0. The lowest BCUT2D eigenvalue weighted by molar-refractivity contribution is -0.145. The van der Waals surface area contributed by atoms with Crippen molar-refractivity contribution in [1.82, 2.24) is 4.90 Å². The third kappa shape index (κ3) is 3.61. The van der Waals surface area contributed by atoms with Crippen molar-refractivity contribution >= 4 is 11.6 Å². The number of amides is 1. The number of anilines is 1. The van der Waals surface area contributed by atoms with E-state index in [0.29, 0.717) is 24.5 Å². The van der Waals surface area contributed by atoms with Gasteiger partial charge in [0.05, 0.1) is 17.9 Å². The van der Waals surface area contributed by atoms with E-state index in [0.717, 1.165) is 0 Å². The van der Waals surface area contributed by atoms with Crippen LogP contribution in [0.4, 0.5) is 5.69 Å². The molecule has 1 aliphatic rings. The van der Waals surface area contributed by atoms with E-state index >= 15 is 0 Å². The normalized spacial score (nSPS) is 23.2. The molecule has 1 fully saturated rings. The number of nitrogen functional groups attached to an aromatic ring is 1. The molecule has 0 bridgehead atoms. The number of benzene rings is 1. The van der Waals surface area contributed by atoms with Crippen molar-refractivity contribution < 1.29 is 14.3 Å². The Bertz CT molecular complexity index is 440. The Labute approximate surface area is 113 Å². The van der Waals surface area contributed by atoms with Crippen LogP contribution in [0.1, 0.15) is 13.8 Å². The van der Waals surface area contributed by atoms with Gasteiger partial charge in [-0.25, -0.2) is 0 Å². The summed E-state index contributed by atoms with van der Waals surface area (Å²) >= 11 is 0. The smallest absolute Gasteiger partial charge is 0.260 e. The van der Waals surface area contributed by atoms with Gasteiger partial charge in [-0.2, -0.15) is 0 Å². The standard InChI is InChI=1S/C14H20N2O3/c1-10-7-16(8-11(2)19-10)14(17)9-18-13-6-4-3-5-12(13)15/h3-6,10-11H,7-9,15H2,1-2H3/t10-,11+. The average molecular weight is 264 g/mol. The Hall–Kier alpha value is -1.75. The number of hydrogen-bond donors (Lipinski definition) is 1. The zero-order valence-electron chi connectivity index (χ0n) is 11.3. The van der Waals surface area contributed by atoms with Crippen LogP contribution >= 0.6 is 0 Å². The molecule has 2 N–H and O–H groups in total. The Balaban J connectivity index is 1.89. The van der Waals surface area contributed by atoms with E-state index in [1.165, 1.54) is 0 Å². The second-order valence-electron chi connectivity index (χ2n) is 4.88. The van der Waals surface area contributed by atoms with Crippen molar-refractivity contribution in [1.29, 1.82) is 0 Å². The molecule has 0 aliphatic carbocycles. The lowest BCUT2D eigenvalue weighted by Gasteiger charge is -2.35. The highest BCUT2D eigenvalue weighted by atomic mass is 16.5. The summed E-state index contributed by atoms with van der Waals surface area (Å²) < 4.78 is 11.1. The SMILES string of the molecule is C[C@@H]1CN(C(=O)COc2ccccc2N)C[C@H](C)O1. The molecule has 5 nitrogen and oxygen atoms in total. The predicted octanol–water partition coefficient (Wildman–Crippen LogP) is 1.28. The molecule has 0 saturated carbocycles. The van der Waals surface area contributed by atoms with Crippen molar-refractivity contribution in [3.63, 3.8) is 0 Å². The van der Waals surface area contributed by atoms with Crippen molar-refractivity contribution in [2.45, 2.75) is 26.1 Å². The number of rotatable bonds is 3. The Morgan fingerprint density at radius 2 is 2.00 bits per heavy atom. The summed E-state index contributed by atoms with van der Waals surface area (Å²) in [5.41, 5.74) is 6.30. The predicted molar refractivity (Wildman–Crippen MR) is 72.9 cm³/mol. The molecule has 1 aliphatic heterocycles. The third-order valence-electron chi connectivity index (χ3n) is 3.04. The second-order valence-corrected chi connectivity index (χ2v) is 4.88. The van der Waals surface area contributed by atoms with Gasteiger partial charge in [-0.1, -0.05) is 12.1 Å². The second kappa shape index (κ2) is 5.93. The number of ether oxygens (including phenoxy) is 2. The minimum Gasteiger partial charge on any atom is -0.482 e. The minimum absolute atomic E-state index is 0.00759. The van der Waals surface area contributed by atoms with Crippen LogP contribution < -0.4 is 10.5 Å². The number of para-hydroxylation sites is 2. The molecule has 1 aromatic carbocycles. The first-order valence-corrected chi connectivity index (χ1v) is 6.47. The van der Waals surface area contributed by atoms with Crippen LogP contribution in [0, 0.1) is 0 Å². The maximum Gasteiger partial charge on any atom is 0.260 e. The molecule has 2 rings (SSSR count). The van der Waals surface area contributed by atoms with Gasteiger partial charge in [0.25, 0.3) is 5.91 Å². The van der Waals surface area contributed by atoms with Gasteiger partial charge >= 0.3 is 0 Å². The summed E-state index contributed by atoms with van der Waals surface area (Å²) in [6.45, 7) is 5.15. The molecule has 0 aromatic heterocycles. The van der Waals surface area contributed by atoms with E-state index in [1.807, 2.05) is 26.0 Å². The molecule has 1 amide bonds. The van der Waals surface area contributed by atoms with Gasteiger partial charge in [0.2, 0.25) is 0 Å². The highest BCUT2D eigenvalue weighted by Gasteiger charge is 2.25. The zero-order chi connectivity index (χ0) is 13.8. The van der Waals surface area contributed by atoms with E-state index in [1.54, 1.807) is 17.0 Å². The van der Waals surface area contributed by atoms with Crippen molar-refractivity contribution in [2.24, 2.45) is 0 Å². The Kier molecular flexibility index (Phi) is 4.27. The van der Waals surface area contributed by atoms with Gasteiger partial charge in [-0.15, -0.1) is 0 Å². The maximum atomic E-state index is 12.1. The molecule has 1 saturated heterocycles. The van der Waals surface area contributed by atoms with Crippen molar-refractivity contribution in [2.75, 3.05) is 25.4 Å². The van der Waals surface area contributed by atoms with Crippen LogP contribution in [0.5, 0.6) is 5.75 Å². The monoisotopic (exact) mass is 264 g/mol. The molecular formula is C14H20N2O3. The summed E-state index contributed by atoms with van der Waals surface area (Å²) in [4.78, 5) is 13.9. The number of hydrogen-bond acceptors (Lipinski definition) is 4. The topological polar surface area (TPSA) is 64.8 Å². The van der Waals surface area contributed by atoms with E-state index in [4.69, 9.17) is 15.2 Å². The Morgan fingerprint density at radius 3 is 2.63 bits per heavy atom. The summed E-state index contributed by atoms with van der Waals surface area (Å²) in [5, 5.41) is 0. The molecule has 0 unspecified atom stereocenters. The number of nitrogens with zero attached hydrogens (tertiary/aromatic N) is 1. The van der Waals surface area contributed by atoms with Crippen LogP contribution in [-0.2, 0) is 9.53 Å². The largest absolute Gasteiger partial charge is 0.482 e. The van der Waals surface area contributed by atoms with Crippen molar-refractivity contribution in [3.8, 4) is 5.75 Å². The highest BCUT2D eigenvalue weighted by molar-refractivity contribution is 5.78. The van der Waals surface area contributed by atoms with Gasteiger partial charge in [0, 0.05) is 13.1 Å². The van der Waals surface area contributed by atoms with E-state index in [-0.39, 0.29) is 24.7 Å². The van der Waals surface area contributed by atoms with Crippen LogP contribution in [0.3, 0.4) is 0 Å². The van der Waals surface area contributed by atoms with Gasteiger partial charge in [-0.05, 0) is 26.0 Å². The van der Waals surface area contributed by atoms with Crippen molar-refractivity contribution in [3.05, 3.63) is 24.3 Å². The van der Waals surface area contributed by atoms with Gasteiger partial charge < -0.3 is 20.1 Å². The molecule has 0 spiro atoms. The van der Waals surface area contributed by atoms with Crippen LogP contribution in [-0.4, -0.2) is 42.7 Å². The van der Waals surface area contributed by atoms with Crippen LogP contribution in [0.25, 0.3) is 0 Å². The molecule has 5 heteroatoms. The summed E-state index contributed by atoms with van der Waals surface area (Å²) in [6.07, 6.45) is 0.129. The molecule has 2 atom stereocenters. The average Bonchev–Trinajstić information content (AvgIpc) is 2.36. The van der Waals surface area contributed by atoms with E-state index in [9.17, 15) is 4.79 Å². The van der Waals surface area contributed by atoms with Gasteiger partial charge in [0.15, 0.2) is 6.61 Å². The summed E-state index contributed by atoms with van der Waals surface area (Å²) in [6, 6.07) is 7.16. The fraction of sp³-hybridized carbons (Fsp3) is 0.500. The Morgan fingerprint density at radius 1 is 1.37 bits per heavy atom. The molecule has 19 heavy (non-hydrogen) atoms. The number of morpholine rings is 1. The minimum atomic E-state index is -0.0368. The molecule has 0 radical (unpaired) electrons. The van der Waals surface area contributed by atoms with Crippen LogP contribution in [0.15, 0.2) is 24.3 Å². The van der Waals surface area contributed by atoms with Crippen LogP contribution in [0.2, 0.25) is 0 Å². The molecule has 1 aromatic rings. The van der Waals surface area contributed by atoms with E-state index < -0.39 is 0 Å². The summed E-state index contributed by atoms with van der Waals surface area (Å²) in [5.74, 6) is 0.510. The first-order chi connectivity index (χ1) is 9.06. The molecular weight excluding hydrogens is 244 g/mol. The first-order valence-electron chi connectivity index (χ1n) is 6.47. The number of carbonyl (C=O) groups excluding carboxylic acids is 1. The number of nitrogens with two attached hydrogens (primary N) is 1. The van der Waals surface area contributed by atoms with E-state index in [2.05, 4.69) is 0 Å². The first kappa shape index (κ1) is 13.7. The fourth-order valence-electron chi connectivity index (χ4n) is 2.22. The fourth-order valence-corrected chi connectivity index (χ4v) is 2.22. The quantitative estimate of drug-likeness (QED) is 0.835. The maximum absolute atomic E-state index is 12.1. The lowest BCUT2D eigenvalue weighted by atomic mass is 10.2.